The minimum absolute atomic E-state index is 0.477. The highest BCUT2D eigenvalue weighted by Crippen LogP contribution is 2.43. The zero-order valence-corrected chi connectivity index (χ0v) is 12.8. The predicted octanol–water partition coefficient (Wildman–Crippen LogP) is 4.75. The molecule has 0 heterocycles. The van der Waals surface area contributed by atoms with Crippen LogP contribution in [0.5, 0.6) is 0 Å². The molecule has 0 radical (unpaired) electrons. The van der Waals surface area contributed by atoms with Gasteiger partial charge in [0, 0.05) is 6.04 Å². The van der Waals surface area contributed by atoms with Crippen molar-refractivity contribution in [2.24, 2.45) is 28.9 Å². The Hall–Kier alpha value is -0.0400. The average Bonchev–Trinajstić information content (AvgIpc) is 2.32. The van der Waals surface area contributed by atoms with Gasteiger partial charge >= 0.3 is 0 Å². The number of hydrogen-bond donors (Lipinski definition) is 1. The Morgan fingerprint density at radius 3 is 2.22 bits per heavy atom. The van der Waals surface area contributed by atoms with E-state index in [4.69, 9.17) is 5.73 Å². The van der Waals surface area contributed by atoms with Gasteiger partial charge < -0.3 is 5.73 Å². The molecular weight excluding hydrogens is 218 g/mol. The lowest BCUT2D eigenvalue weighted by molar-refractivity contribution is 0.108. The summed E-state index contributed by atoms with van der Waals surface area (Å²) in [5.41, 5.74) is 6.88. The maximum Gasteiger partial charge on any atom is 0.00674 e. The van der Waals surface area contributed by atoms with Gasteiger partial charge in [0.1, 0.15) is 0 Å². The number of rotatable bonds is 2. The summed E-state index contributed by atoms with van der Waals surface area (Å²) in [6.45, 7) is 7.23. The van der Waals surface area contributed by atoms with Crippen LogP contribution in [-0.2, 0) is 0 Å². The van der Waals surface area contributed by atoms with Crippen LogP contribution in [0.3, 0.4) is 0 Å². The van der Waals surface area contributed by atoms with Crippen LogP contribution in [-0.4, -0.2) is 6.04 Å². The van der Waals surface area contributed by atoms with Gasteiger partial charge in [-0.3, -0.25) is 0 Å². The van der Waals surface area contributed by atoms with Crippen molar-refractivity contribution in [2.75, 3.05) is 0 Å². The molecule has 2 saturated carbocycles. The molecule has 3 unspecified atom stereocenters. The Labute approximate surface area is 114 Å². The molecule has 0 spiro atoms. The first-order valence-corrected chi connectivity index (χ1v) is 8.22. The van der Waals surface area contributed by atoms with Gasteiger partial charge in [-0.2, -0.15) is 0 Å². The van der Waals surface area contributed by atoms with Gasteiger partial charge in [0.2, 0.25) is 0 Å². The maximum atomic E-state index is 6.40. The summed E-state index contributed by atoms with van der Waals surface area (Å²) < 4.78 is 0. The lowest BCUT2D eigenvalue weighted by atomic mass is 9.65. The van der Waals surface area contributed by atoms with Crippen molar-refractivity contribution in [3.05, 3.63) is 0 Å². The fourth-order valence-corrected chi connectivity index (χ4v) is 4.20. The molecule has 0 aliphatic heterocycles. The summed E-state index contributed by atoms with van der Waals surface area (Å²) in [5.74, 6) is 2.70. The zero-order chi connectivity index (χ0) is 13.2. The molecule has 0 aromatic heterocycles. The van der Waals surface area contributed by atoms with Crippen molar-refractivity contribution in [2.45, 2.75) is 84.6 Å². The third kappa shape index (κ3) is 3.73. The average molecular weight is 251 g/mol. The molecule has 3 atom stereocenters. The van der Waals surface area contributed by atoms with Crippen LogP contribution < -0.4 is 5.73 Å². The van der Waals surface area contributed by atoms with Crippen molar-refractivity contribution < 1.29 is 0 Å². The van der Waals surface area contributed by atoms with E-state index >= 15 is 0 Å². The number of nitrogens with two attached hydrogens (primary N) is 1. The third-order valence-corrected chi connectivity index (χ3v) is 5.63. The van der Waals surface area contributed by atoms with Crippen LogP contribution in [0.15, 0.2) is 0 Å². The Balaban J connectivity index is 1.88. The van der Waals surface area contributed by atoms with Gasteiger partial charge in [0.15, 0.2) is 0 Å². The van der Waals surface area contributed by atoms with Crippen LogP contribution in [0.25, 0.3) is 0 Å². The Morgan fingerprint density at radius 1 is 0.944 bits per heavy atom. The standard InChI is InChI=1S/C17H33N/c1-17(2,3)15-9-10-16(18)14(12-15)11-13-7-5-4-6-8-13/h13-16H,4-12,18H2,1-3H3. The molecule has 0 aromatic rings. The predicted molar refractivity (Wildman–Crippen MR) is 79.5 cm³/mol. The van der Waals surface area contributed by atoms with E-state index in [1.54, 1.807) is 0 Å². The smallest absolute Gasteiger partial charge is 0.00674 e. The van der Waals surface area contributed by atoms with Crippen molar-refractivity contribution in [1.82, 2.24) is 0 Å². The van der Waals surface area contributed by atoms with Crippen molar-refractivity contribution in [1.29, 1.82) is 0 Å². The fourth-order valence-electron chi connectivity index (χ4n) is 4.20. The minimum Gasteiger partial charge on any atom is -0.327 e. The van der Waals surface area contributed by atoms with Crippen LogP contribution in [0.4, 0.5) is 0 Å². The molecule has 0 bridgehead atoms. The second kappa shape index (κ2) is 5.94. The van der Waals surface area contributed by atoms with Crippen LogP contribution in [0.2, 0.25) is 0 Å². The molecule has 1 heteroatoms. The van der Waals surface area contributed by atoms with E-state index in [0.29, 0.717) is 11.5 Å². The minimum atomic E-state index is 0.477. The molecule has 2 fully saturated rings. The largest absolute Gasteiger partial charge is 0.327 e. The second-order valence-corrected chi connectivity index (χ2v) is 8.04. The monoisotopic (exact) mass is 251 g/mol. The quantitative estimate of drug-likeness (QED) is 0.753. The molecule has 2 rings (SSSR count). The van der Waals surface area contributed by atoms with Gasteiger partial charge in [-0.25, -0.2) is 0 Å². The molecule has 0 aromatic carbocycles. The van der Waals surface area contributed by atoms with E-state index in [1.165, 1.54) is 57.8 Å². The molecule has 1 nitrogen and oxygen atoms in total. The highest BCUT2D eigenvalue weighted by molar-refractivity contribution is 4.88. The molecule has 18 heavy (non-hydrogen) atoms. The van der Waals surface area contributed by atoms with Crippen LogP contribution >= 0.6 is 0 Å². The van der Waals surface area contributed by atoms with Crippen LogP contribution in [0, 0.1) is 23.2 Å². The summed E-state index contributed by atoms with van der Waals surface area (Å²) in [4.78, 5) is 0. The molecule has 106 valence electrons. The molecular formula is C17H33N. The SMILES string of the molecule is CC(C)(C)C1CCC(N)C(CC2CCCCC2)C1. The van der Waals surface area contributed by atoms with Gasteiger partial charge in [-0.05, 0) is 48.9 Å². The molecule has 0 saturated heterocycles. The lowest BCUT2D eigenvalue weighted by Gasteiger charge is -2.42. The maximum absolute atomic E-state index is 6.40. The molecule has 2 aliphatic carbocycles. The molecule has 2 aliphatic rings. The topological polar surface area (TPSA) is 26.0 Å². The molecule has 0 amide bonds. The summed E-state index contributed by atoms with van der Waals surface area (Å²) >= 11 is 0. The van der Waals surface area contributed by atoms with Crippen molar-refractivity contribution >= 4 is 0 Å². The second-order valence-electron chi connectivity index (χ2n) is 8.04. The van der Waals surface area contributed by atoms with E-state index in [-0.39, 0.29) is 0 Å². The van der Waals surface area contributed by atoms with Crippen molar-refractivity contribution in [3.63, 3.8) is 0 Å². The first kappa shape index (κ1) is 14.4. The molecule has 2 N–H and O–H groups in total. The summed E-state index contributed by atoms with van der Waals surface area (Å²) in [5, 5.41) is 0. The highest BCUT2D eigenvalue weighted by atomic mass is 14.7. The summed E-state index contributed by atoms with van der Waals surface area (Å²) in [7, 11) is 0. The normalized spacial score (nSPS) is 35.7. The highest BCUT2D eigenvalue weighted by Gasteiger charge is 2.35. The number of hydrogen-bond acceptors (Lipinski definition) is 1. The van der Waals surface area contributed by atoms with Crippen molar-refractivity contribution in [3.8, 4) is 0 Å². The van der Waals surface area contributed by atoms with E-state index in [0.717, 1.165) is 17.8 Å². The fraction of sp³-hybridized carbons (Fsp3) is 1.00. The van der Waals surface area contributed by atoms with Gasteiger partial charge in [-0.15, -0.1) is 0 Å². The zero-order valence-electron chi connectivity index (χ0n) is 12.8. The van der Waals surface area contributed by atoms with Crippen LogP contribution in [0.1, 0.15) is 78.6 Å². The van der Waals surface area contributed by atoms with E-state index in [2.05, 4.69) is 20.8 Å². The summed E-state index contributed by atoms with van der Waals surface area (Å²) in [6, 6.07) is 0.491. The van der Waals surface area contributed by atoms with Gasteiger partial charge in [-0.1, -0.05) is 52.9 Å². The Morgan fingerprint density at radius 2 is 1.61 bits per heavy atom. The summed E-state index contributed by atoms with van der Waals surface area (Å²) in [6.07, 6.45) is 12.8. The van der Waals surface area contributed by atoms with E-state index in [1.807, 2.05) is 0 Å². The first-order chi connectivity index (χ1) is 8.47. The lowest BCUT2D eigenvalue weighted by Crippen LogP contribution is -2.40. The van der Waals surface area contributed by atoms with E-state index in [9.17, 15) is 0 Å². The van der Waals surface area contributed by atoms with Gasteiger partial charge in [0.05, 0.1) is 0 Å². The van der Waals surface area contributed by atoms with E-state index < -0.39 is 0 Å². The Bertz CT molecular complexity index is 247. The van der Waals surface area contributed by atoms with Gasteiger partial charge in [0.25, 0.3) is 0 Å². The third-order valence-electron chi connectivity index (χ3n) is 5.63. The first-order valence-electron chi connectivity index (χ1n) is 8.22. The Kier molecular flexibility index (Phi) is 4.75.